The first-order valence-electron chi connectivity index (χ1n) is 9.33. The number of fused-ring (bicyclic) bond motifs is 1. The van der Waals surface area contributed by atoms with E-state index in [0.717, 1.165) is 44.6 Å². The maximum Gasteiger partial charge on any atom is 0.196 e. The van der Waals surface area contributed by atoms with E-state index in [9.17, 15) is 0 Å². The molecule has 7 heteroatoms. The Hall–Kier alpha value is -3.32. The minimum Gasteiger partial charge on any atom is -0.360 e. The molecule has 1 N–H and O–H groups in total. The van der Waals surface area contributed by atoms with Gasteiger partial charge in [0, 0.05) is 34.4 Å². The molecular formula is C22H19N5OS. The van der Waals surface area contributed by atoms with Gasteiger partial charge in [0.1, 0.15) is 5.76 Å². The SMILES string of the molecule is Cc1cccc(-n2c(SCc3cc(C)no3)nnc2-c2c[nH]c3ccccc23)c1. The molecule has 0 amide bonds. The lowest BCUT2D eigenvalue weighted by molar-refractivity contribution is 0.391. The van der Waals surface area contributed by atoms with Crippen molar-refractivity contribution in [2.75, 3.05) is 0 Å². The Morgan fingerprint density at radius 1 is 1.03 bits per heavy atom. The number of hydrogen-bond donors (Lipinski definition) is 1. The van der Waals surface area contributed by atoms with Crippen molar-refractivity contribution in [2.24, 2.45) is 0 Å². The third-order valence-electron chi connectivity index (χ3n) is 4.74. The number of benzene rings is 2. The van der Waals surface area contributed by atoms with Crippen LogP contribution in [0.3, 0.4) is 0 Å². The quantitative estimate of drug-likeness (QED) is 0.404. The van der Waals surface area contributed by atoms with E-state index in [1.165, 1.54) is 5.56 Å². The van der Waals surface area contributed by atoms with Crippen molar-refractivity contribution in [2.45, 2.75) is 24.8 Å². The number of thioether (sulfide) groups is 1. The summed E-state index contributed by atoms with van der Waals surface area (Å²) in [6.07, 6.45) is 2.00. The Morgan fingerprint density at radius 2 is 1.93 bits per heavy atom. The summed E-state index contributed by atoms with van der Waals surface area (Å²) in [5, 5.41) is 15.0. The third-order valence-corrected chi connectivity index (χ3v) is 5.69. The summed E-state index contributed by atoms with van der Waals surface area (Å²) in [7, 11) is 0. The molecule has 5 aromatic rings. The highest BCUT2D eigenvalue weighted by Gasteiger charge is 2.19. The van der Waals surface area contributed by atoms with Gasteiger partial charge in [-0.2, -0.15) is 0 Å². The Bertz CT molecular complexity index is 1300. The number of aryl methyl sites for hydroxylation is 2. The minimum atomic E-state index is 0.638. The number of para-hydroxylation sites is 1. The van der Waals surface area contributed by atoms with Crippen molar-refractivity contribution >= 4 is 22.7 Å². The van der Waals surface area contributed by atoms with Crippen molar-refractivity contribution in [3.63, 3.8) is 0 Å². The number of aromatic amines is 1. The number of H-pyrrole nitrogens is 1. The van der Waals surface area contributed by atoms with Gasteiger partial charge < -0.3 is 9.51 Å². The van der Waals surface area contributed by atoms with Crippen LogP contribution in [0.1, 0.15) is 17.0 Å². The molecule has 0 fully saturated rings. The lowest BCUT2D eigenvalue weighted by Gasteiger charge is -2.10. The summed E-state index contributed by atoms with van der Waals surface area (Å²) in [5.41, 5.74) is 5.19. The van der Waals surface area contributed by atoms with E-state index in [1.807, 2.05) is 31.3 Å². The Labute approximate surface area is 172 Å². The fourth-order valence-corrected chi connectivity index (χ4v) is 4.24. The molecule has 0 unspecified atom stereocenters. The lowest BCUT2D eigenvalue weighted by atomic mass is 10.1. The van der Waals surface area contributed by atoms with Crippen LogP contribution in [-0.2, 0) is 5.75 Å². The summed E-state index contributed by atoms with van der Waals surface area (Å²) >= 11 is 1.58. The molecule has 0 aliphatic rings. The monoisotopic (exact) mass is 401 g/mol. The first kappa shape index (κ1) is 17.8. The average Bonchev–Trinajstić information content (AvgIpc) is 3.43. The van der Waals surface area contributed by atoms with Gasteiger partial charge in [-0.3, -0.25) is 4.57 Å². The standard InChI is InChI=1S/C22H19N5OS/c1-14-6-5-7-16(10-14)27-21(19-12-23-20-9-4-3-8-18(19)20)24-25-22(27)29-13-17-11-15(2)26-28-17/h3-12,23H,13H2,1-2H3. The molecule has 0 atom stereocenters. The first-order valence-corrected chi connectivity index (χ1v) is 10.3. The maximum atomic E-state index is 5.35. The number of nitrogens with one attached hydrogen (secondary N) is 1. The molecule has 29 heavy (non-hydrogen) atoms. The molecule has 0 spiro atoms. The predicted octanol–water partition coefficient (Wildman–Crippen LogP) is 5.31. The van der Waals surface area contributed by atoms with E-state index in [2.05, 4.69) is 68.2 Å². The van der Waals surface area contributed by atoms with Crippen molar-refractivity contribution < 1.29 is 4.52 Å². The second-order valence-electron chi connectivity index (χ2n) is 6.95. The molecule has 0 bridgehead atoms. The molecule has 0 aliphatic carbocycles. The zero-order valence-electron chi connectivity index (χ0n) is 16.1. The van der Waals surface area contributed by atoms with Crippen LogP contribution >= 0.6 is 11.8 Å². The minimum absolute atomic E-state index is 0.638. The number of rotatable bonds is 5. The molecule has 0 saturated carbocycles. The highest BCUT2D eigenvalue weighted by molar-refractivity contribution is 7.98. The highest BCUT2D eigenvalue weighted by atomic mass is 32.2. The van der Waals surface area contributed by atoms with E-state index < -0.39 is 0 Å². The topological polar surface area (TPSA) is 72.5 Å². The van der Waals surface area contributed by atoms with Crippen LogP contribution in [0.2, 0.25) is 0 Å². The molecule has 6 nitrogen and oxygen atoms in total. The summed E-state index contributed by atoms with van der Waals surface area (Å²) in [6, 6.07) is 18.5. The Kier molecular flexibility index (Phi) is 4.44. The van der Waals surface area contributed by atoms with Crippen LogP contribution in [-0.4, -0.2) is 24.9 Å². The van der Waals surface area contributed by atoms with Crippen molar-refractivity contribution in [1.29, 1.82) is 0 Å². The van der Waals surface area contributed by atoms with E-state index in [-0.39, 0.29) is 0 Å². The summed E-state index contributed by atoms with van der Waals surface area (Å²) in [6.45, 7) is 4.01. The molecule has 0 saturated heterocycles. The van der Waals surface area contributed by atoms with Crippen LogP contribution in [0.15, 0.2) is 70.5 Å². The molecule has 2 aromatic carbocycles. The fraction of sp³-hybridized carbons (Fsp3) is 0.136. The molecule has 3 aromatic heterocycles. The van der Waals surface area contributed by atoms with Crippen LogP contribution in [0.4, 0.5) is 0 Å². The number of hydrogen-bond acceptors (Lipinski definition) is 5. The first-order chi connectivity index (χ1) is 14.2. The van der Waals surface area contributed by atoms with Crippen LogP contribution < -0.4 is 0 Å². The van der Waals surface area contributed by atoms with Gasteiger partial charge >= 0.3 is 0 Å². The fourth-order valence-electron chi connectivity index (χ4n) is 3.41. The lowest BCUT2D eigenvalue weighted by Crippen LogP contribution is -2.00. The van der Waals surface area contributed by atoms with Crippen molar-refractivity contribution in [3.8, 4) is 17.1 Å². The zero-order chi connectivity index (χ0) is 19.8. The molecule has 3 heterocycles. The average molecular weight is 401 g/mol. The van der Waals surface area contributed by atoms with E-state index >= 15 is 0 Å². The van der Waals surface area contributed by atoms with Gasteiger partial charge in [-0.15, -0.1) is 10.2 Å². The second-order valence-corrected chi connectivity index (χ2v) is 7.89. The third kappa shape index (κ3) is 3.34. The van der Waals surface area contributed by atoms with Gasteiger partial charge in [0.15, 0.2) is 11.0 Å². The molecule has 144 valence electrons. The summed E-state index contributed by atoms with van der Waals surface area (Å²) in [4.78, 5) is 3.34. The smallest absolute Gasteiger partial charge is 0.196 e. The molecular weight excluding hydrogens is 382 g/mol. The van der Waals surface area contributed by atoms with E-state index in [0.29, 0.717) is 5.75 Å². The molecule has 0 radical (unpaired) electrons. The molecule has 0 aliphatic heterocycles. The normalized spacial score (nSPS) is 11.4. The second kappa shape index (κ2) is 7.25. The van der Waals surface area contributed by atoms with Crippen LogP contribution in [0.25, 0.3) is 28.0 Å². The Morgan fingerprint density at radius 3 is 2.76 bits per heavy atom. The highest BCUT2D eigenvalue weighted by Crippen LogP contribution is 2.33. The molecule has 5 rings (SSSR count). The predicted molar refractivity (Wildman–Crippen MR) is 114 cm³/mol. The van der Waals surface area contributed by atoms with E-state index in [4.69, 9.17) is 4.52 Å². The largest absolute Gasteiger partial charge is 0.360 e. The van der Waals surface area contributed by atoms with Gasteiger partial charge in [0.25, 0.3) is 0 Å². The number of aromatic nitrogens is 5. The van der Waals surface area contributed by atoms with E-state index in [1.54, 1.807) is 11.8 Å². The van der Waals surface area contributed by atoms with Gasteiger partial charge in [-0.1, -0.05) is 47.3 Å². The zero-order valence-corrected chi connectivity index (χ0v) is 16.9. The maximum absolute atomic E-state index is 5.35. The van der Waals surface area contributed by atoms with Crippen molar-refractivity contribution in [1.82, 2.24) is 24.9 Å². The van der Waals surface area contributed by atoms with Crippen molar-refractivity contribution in [3.05, 3.63) is 77.8 Å². The summed E-state index contributed by atoms with van der Waals surface area (Å²) in [5.74, 6) is 2.27. The van der Waals surface area contributed by atoms with Gasteiger partial charge in [0.2, 0.25) is 0 Å². The van der Waals surface area contributed by atoms with Gasteiger partial charge in [-0.05, 0) is 37.6 Å². The Balaban J connectivity index is 1.62. The van der Waals surface area contributed by atoms with Gasteiger partial charge in [0.05, 0.1) is 11.4 Å². The van der Waals surface area contributed by atoms with Crippen LogP contribution in [0.5, 0.6) is 0 Å². The van der Waals surface area contributed by atoms with Crippen LogP contribution in [0, 0.1) is 13.8 Å². The van der Waals surface area contributed by atoms with Gasteiger partial charge in [-0.25, -0.2) is 0 Å². The summed E-state index contributed by atoms with van der Waals surface area (Å²) < 4.78 is 7.46. The number of nitrogens with zero attached hydrogens (tertiary/aromatic N) is 4.